The van der Waals surface area contributed by atoms with Crippen LogP contribution < -0.4 is 5.11 Å². The fraction of sp³-hybridized carbons (Fsp3) is 0.214. The number of carbonyl (C=O) groups excluding carboxylic acids is 2. The Morgan fingerprint density at radius 3 is 2.90 bits per heavy atom. The first-order valence-electron chi connectivity index (χ1n) is 6.18. The summed E-state index contributed by atoms with van der Waals surface area (Å²) >= 11 is 6.23. The van der Waals surface area contributed by atoms with E-state index in [0.29, 0.717) is 14.8 Å². The number of benzene rings is 1. The van der Waals surface area contributed by atoms with Crippen LogP contribution in [-0.4, -0.2) is 27.6 Å². The molecule has 2 rings (SSSR count). The van der Waals surface area contributed by atoms with Crippen LogP contribution in [0.3, 0.4) is 0 Å². The smallest absolute Gasteiger partial charge is 0.266 e. The van der Waals surface area contributed by atoms with E-state index < -0.39 is 5.97 Å². The van der Waals surface area contributed by atoms with Gasteiger partial charge in [0.25, 0.3) is 5.91 Å². The lowest BCUT2D eigenvalue weighted by atomic mass is 10.2. The Morgan fingerprint density at radius 2 is 2.24 bits per heavy atom. The van der Waals surface area contributed by atoms with Gasteiger partial charge in [0.05, 0.1) is 4.91 Å². The van der Waals surface area contributed by atoms with Crippen molar-refractivity contribution < 1.29 is 19.1 Å². The molecule has 7 heteroatoms. The topological polar surface area (TPSA) is 60.4 Å². The normalized spacial score (nSPS) is 16.8. The molecule has 0 saturated carbocycles. The van der Waals surface area contributed by atoms with Crippen LogP contribution >= 0.6 is 24.0 Å². The first kappa shape index (κ1) is 15.7. The summed E-state index contributed by atoms with van der Waals surface area (Å²) in [5, 5.41) is 10.4. The van der Waals surface area contributed by atoms with E-state index in [4.69, 9.17) is 12.2 Å². The number of thiocarbonyl (C=S) groups is 1. The Morgan fingerprint density at radius 1 is 1.48 bits per heavy atom. The van der Waals surface area contributed by atoms with Crippen LogP contribution in [0.25, 0.3) is 6.08 Å². The number of rotatable bonds is 5. The first-order chi connectivity index (χ1) is 9.97. The van der Waals surface area contributed by atoms with Gasteiger partial charge in [0.15, 0.2) is 0 Å². The standard InChI is InChI=1S/C14H12FNO3S2/c15-10-4-1-3-9(7-10)8-11-13(19)16(14(20)21-11)6-2-5-12(17)18/h1,3-4,7-8H,2,5-6H2,(H,17,18)/p-1. The lowest BCUT2D eigenvalue weighted by Gasteiger charge is -2.14. The van der Waals surface area contributed by atoms with Crippen molar-refractivity contribution in [3.63, 3.8) is 0 Å². The van der Waals surface area contributed by atoms with Crippen LogP contribution in [0.5, 0.6) is 0 Å². The summed E-state index contributed by atoms with van der Waals surface area (Å²) in [7, 11) is 0. The van der Waals surface area contributed by atoms with Gasteiger partial charge in [-0.2, -0.15) is 0 Å². The predicted octanol–water partition coefficient (Wildman–Crippen LogP) is 1.56. The number of nitrogens with zero attached hydrogens (tertiary/aromatic N) is 1. The zero-order valence-electron chi connectivity index (χ0n) is 10.9. The molecule has 0 bridgehead atoms. The molecule has 0 aliphatic carbocycles. The van der Waals surface area contributed by atoms with Crippen LogP contribution in [0.4, 0.5) is 4.39 Å². The highest BCUT2D eigenvalue weighted by atomic mass is 32.2. The molecule has 1 aliphatic heterocycles. The average Bonchev–Trinajstić information content (AvgIpc) is 2.66. The lowest BCUT2D eigenvalue weighted by molar-refractivity contribution is -0.305. The van der Waals surface area contributed by atoms with Gasteiger partial charge in [0.1, 0.15) is 10.1 Å². The SMILES string of the molecule is O=C([O-])CCCN1C(=O)C(=Cc2cccc(F)c2)SC1=S. The highest BCUT2D eigenvalue weighted by Gasteiger charge is 2.31. The van der Waals surface area contributed by atoms with Gasteiger partial charge in [-0.1, -0.05) is 36.1 Å². The molecule has 110 valence electrons. The number of carboxylic acid groups (broad SMARTS) is 1. The zero-order valence-corrected chi connectivity index (χ0v) is 12.5. The second-order valence-corrected chi connectivity index (χ2v) is 6.04. The molecule has 1 heterocycles. The van der Waals surface area contributed by atoms with Gasteiger partial charge in [-0.25, -0.2) is 4.39 Å². The molecule has 1 saturated heterocycles. The van der Waals surface area contributed by atoms with Gasteiger partial charge in [-0.3, -0.25) is 9.69 Å². The quantitative estimate of drug-likeness (QED) is 0.608. The van der Waals surface area contributed by atoms with Crippen molar-refractivity contribution in [1.82, 2.24) is 4.90 Å². The minimum absolute atomic E-state index is 0.125. The van der Waals surface area contributed by atoms with E-state index in [1.165, 1.54) is 17.0 Å². The Hall–Kier alpha value is -1.73. The maximum Gasteiger partial charge on any atom is 0.266 e. The van der Waals surface area contributed by atoms with Crippen LogP contribution in [0.1, 0.15) is 18.4 Å². The second-order valence-electron chi connectivity index (χ2n) is 4.36. The molecule has 1 aromatic rings. The van der Waals surface area contributed by atoms with Crippen LogP contribution in [0.15, 0.2) is 29.2 Å². The summed E-state index contributed by atoms with van der Waals surface area (Å²) in [6.45, 7) is 0.235. The van der Waals surface area contributed by atoms with Gasteiger partial charge < -0.3 is 9.90 Å². The Labute approximate surface area is 130 Å². The van der Waals surface area contributed by atoms with Crippen molar-refractivity contribution in [2.75, 3.05) is 6.54 Å². The third-order valence-electron chi connectivity index (χ3n) is 2.78. The van der Waals surface area contributed by atoms with Crippen molar-refractivity contribution >= 4 is 46.3 Å². The summed E-state index contributed by atoms with van der Waals surface area (Å²) in [6, 6.07) is 5.89. The summed E-state index contributed by atoms with van der Waals surface area (Å²) in [4.78, 5) is 24.3. The highest BCUT2D eigenvalue weighted by molar-refractivity contribution is 8.26. The summed E-state index contributed by atoms with van der Waals surface area (Å²) in [6.07, 6.45) is 1.73. The van der Waals surface area contributed by atoms with E-state index >= 15 is 0 Å². The largest absolute Gasteiger partial charge is 0.550 e. The molecule has 0 radical (unpaired) electrons. The molecule has 1 fully saturated rings. The molecule has 21 heavy (non-hydrogen) atoms. The van der Waals surface area contributed by atoms with E-state index in [9.17, 15) is 19.1 Å². The maximum absolute atomic E-state index is 13.1. The lowest BCUT2D eigenvalue weighted by Crippen LogP contribution is -2.30. The van der Waals surface area contributed by atoms with Gasteiger partial charge in [-0.05, 0) is 36.6 Å². The Kier molecular flexibility index (Phi) is 5.08. The fourth-order valence-electron chi connectivity index (χ4n) is 1.82. The van der Waals surface area contributed by atoms with E-state index in [1.54, 1.807) is 18.2 Å². The summed E-state index contributed by atoms with van der Waals surface area (Å²) in [5.74, 6) is -1.82. The number of hydrogen-bond acceptors (Lipinski definition) is 5. The number of amides is 1. The summed E-state index contributed by atoms with van der Waals surface area (Å²) < 4.78 is 13.5. The van der Waals surface area contributed by atoms with E-state index in [2.05, 4.69) is 0 Å². The third-order valence-corrected chi connectivity index (χ3v) is 4.16. The van der Waals surface area contributed by atoms with Gasteiger partial charge in [-0.15, -0.1) is 0 Å². The van der Waals surface area contributed by atoms with Crippen molar-refractivity contribution in [3.05, 3.63) is 40.6 Å². The number of aliphatic carboxylic acids is 1. The number of halogens is 1. The molecule has 4 nitrogen and oxygen atoms in total. The molecule has 1 aliphatic rings. The molecule has 1 aromatic carbocycles. The molecule has 0 unspecified atom stereocenters. The molecule has 0 spiro atoms. The molecular formula is C14H11FNO3S2-. The minimum Gasteiger partial charge on any atom is -0.550 e. The fourth-order valence-corrected chi connectivity index (χ4v) is 3.13. The number of carbonyl (C=O) groups is 2. The second kappa shape index (κ2) is 6.82. The van der Waals surface area contributed by atoms with Gasteiger partial charge in [0.2, 0.25) is 0 Å². The monoisotopic (exact) mass is 324 g/mol. The first-order valence-corrected chi connectivity index (χ1v) is 7.40. The van der Waals surface area contributed by atoms with E-state index in [0.717, 1.165) is 11.8 Å². The number of carboxylic acids is 1. The van der Waals surface area contributed by atoms with E-state index in [1.807, 2.05) is 0 Å². The van der Waals surface area contributed by atoms with Gasteiger partial charge in [0, 0.05) is 12.5 Å². The Bertz CT molecular complexity index is 630. The maximum atomic E-state index is 13.1. The van der Waals surface area contributed by atoms with Crippen molar-refractivity contribution in [2.45, 2.75) is 12.8 Å². The van der Waals surface area contributed by atoms with E-state index in [-0.39, 0.29) is 31.1 Å². The Balaban J connectivity index is 2.08. The van der Waals surface area contributed by atoms with Crippen molar-refractivity contribution in [2.24, 2.45) is 0 Å². The van der Waals surface area contributed by atoms with Gasteiger partial charge >= 0.3 is 0 Å². The molecular weight excluding hydrogens is 313 g/mol. The molecule has 0 atom stereocenters. The highest BCUT2D eigenvalue weighted by Crippen LogP contribution is 2.32. The molecule has 0 N–H and O–H groups in total. The van der Waals surface area contributed by atoms with Crippen LogP contribution in [0.2, 0.25) is 0 Å². The van der Waals surface area contributed by atoms with Crippen molar-refractivity contribution in [3.8, 4) is 0 Å². The minimum atomic E-state index is -1.16. The number of thioether (sulfide) groups is 1. The molecule has 0 aromatic heterocycles. The predicted molar refractivity (Wildman–Crippen MR) is 80.5 cm³/mol. The third kappa shape index (κ3) is 4.12. The van der Waals surface area contributed by atoms with Crippen LogP contribution in [-0.2, 0) is 9.59 Å². The number of hydrogen-bond donors (Lipinski definition) is 0. The molecule has 1 amide bonds. The van der Waals surface area contributed by atoms with Crippen LogP contribution in [0, 0.1) is 5.82 Å². The average molecular weight is 324 g/mol. The van der Waals surface area contributed by atoms with Crippen molar-refractivity contribution in [1.29, 1.82) is 0 Å². The zero-order chi connectivity index (χ0) is 15.4. The summed E-state index contributed by atoms with van der Waals surface area (Å²) in [5.41, 5.74) is 0.574.